The average molecular weight is 284 g/mol. The normalized spacial score (nSPS) is 16.3. The summed E-state index contributed by atoms with van der Waals surface area (Å²) in [6.45, 7) is 2.29. The predicted octanol–water partition coefficient (Wildman–Crippen LogP) is 5.53. The number of fused-ring (bicyclic) bond motifs is 5. The highest BCUT2D eigenvalue weighted by Crippen LogP contribution is 2.43. The number of hydrogen-bond donors (Lipinski definition) is 2. The molecule has 0 spiro atoms. The second-order valence-corrected chi connectivity index (χ2v) is 6.09. The van der Waals surface area contributed by atoms with E-state index in [1.807, 2.05) is 0 Å². The van der Waals surface area contributed by atoms with Gasteiger partial charge in [-0.3, -0.25) is 0 Å². The average Bonchev–Trinajstić information content (AvgIpc) is 2.91. The molecule has 2 N–H and O–H groups in total. The summed E-state index contributed by atoms with van der Waals surface area (Å²) in [4.78, 5) is 3.53. The zero-order valence-corrected chi connectivity index (χ0v) is 12.4. The van der Waals surface area contributed by atoms with E-state index in [2.05, 4.69) is 77.9 Å². The molecule has 0 saturated heterocycles. The molecule has 2 nitrogen and oxygen atoms in total. The molecule has 22 heavy (non-hydrogen) atoms. The van der Waals surface area contributed by atoms with Crippen molar-refractivity contribution in [3.63, 3.8) is 0 Å². The van der Waals surface area contributed by atoms with Crippen molar-refractivity contribution < 1.29 is 0 Å². The second-order valence-electron chi connectivity index (χ2n) is 6.09. The van der Waals surface area contributed by atoms with Gasteiger partial charge in [-0.1, -0.05) is 43.3 Å². The van der Waals surface area contributed by atoms with Gasteiger partial charge in [0.05, 0.1) is 0 Å². The molecule has 2 heteroatoms. The summed E-state index contributed by atoms with van der Waals surface area (Å²) >= 11 is 0. The summed E-state index contributed by atoms with van der Waals surface area (Å²) in [5.74, 6) is 0.408. The summed E-state index contributed by atoms with van der Waals surface area (Å²) < 4.78 is 0. The van der Waals surface area contributed by atoms with Crippen LogP contribution in [0.1, 0.15) is 24.0 Å². The molecule has 5 rings (SSSR count). The van der Waals surface area contributed by atoms with Crippen LogP contribution in [0.15, 0.2) is 60.7 Å². The number of benzene rings is 3. The van der Waals surface area contributed by atoms with Crippen LogP contribution in [0.4, 0.5) is 11.4 Å². The maximum atomic E-state index is 3.59. The number of aromatic nitrogens is 1. The summed E-state index contributed by atoms with van der Waals surface area (Å²) in [5, 5.41) is 6.19. The van der Waals surface area contributed by atoms with Crippen molar-refractivity contribution in [3.8, 4) is 0 Å². The first-order valence-electron chi connectivity index (χ1n) is 7.71. The van der Waals surface area contributed by atoms with E-state index < -0.39 is 0 Å². The lowest BCUT2D eigenvalue weighted by Gasteiger charge is -2.27. The highest BCUT2D eigenvalue weighted by Gasteiger charge is 2.22. The van der Waals surface area contributed by atoms with Crippen molar-refractivity contribution in [3.05, 3.63) is 71.8 Å². The molecule has 2 heterocycles. The van der Waals surface area contributed by atoms with E-state index in [0.29, 0.717) is 5.92 Å². The number of hydrogen-bond acceptors (Lipinski definition) is 1. The second kappa shape index (κ2) is 4.14. The maximum Gasteiger partial charge on any atom is 0.0485 e. The zero-order valence-electron chi connectivity index (χ0n) is 12.4. The van der Waals surface area contributed by atoms with Gasteiger partial charge in [-0.15, -0.1) is 0 Å². The molecule has 1 aliphatic rings. The van der Waals surface area contributed by atoms with Crippen LogP contribution in [0.2, 0.25) is 0 Å². The van der Waals surface area contributed by atoms with Crippen LogP contribution >= 0.6 is 0 Å². The van der Waals surface area contributed by atoms with Crippen LogP contribution in [-0.4, -0.2) is 4.98 Å². The first-order valence-corrected chi connectivity index (χ1v) is 7.71. The number of H-pyrrole nitrogens is 1. The minimum atomic E-state index is 0.408. The Kier molecular flexibility index (Phi) is 2.23. The number of rotatable bonds is 0. The van der Waals surface area contributed by atoms with Gasteiger partial charge in [-0.25, -0.2) is 0 Å². The van der Waals surface area contributed by atoms with Gasteiger partial charge in [-0.2, -0.15) is 0 Å². The third kappa shape index (κ3) is 1.49. The Balaban J connectivity index is 1.82. The Bertz CT molecular complexity index is 1030. The first-order chi connectivity index (χ1) is 10.8. The first kappa shape index (κ1) is 11.9. The predicted molar refractivity (Wildman–Crippen MR) is 93.0 cm³/mol. The fourth-order valence-corrected chi connectivity index (χ4v) is 3.68. The van der Waals surface area contributed by atoms with E-state index in [0.717, 1.165) is 0 Å². The number of para-hydroxylation sites is 2. The fourth-order valence-electron chi connectivity index (χ4n) is 3.68. The third-order valence-electron chi connectivity index (χ3n) is 4.84. The van der Waals surface area contributed by atoms with Crippen LogP contribution in [0.25, 0.3) is 21.8 Å². The van der Waals surface area contributed by atoms with Gasteiger partial charge >= 0.3 is 0 Å². The lowest BCUT2D eigenvalue weighted by molar-refractivity contribution is 0.915. The Morgan fingerprint density at radius 2 is 1.55 bits per heavy atom. The van der Waals surface area contributed by atoms with Gasteiger partial charge in [0.25, 0.3) is 0 Å². The Labute approximate surface area is 128 Å². The van der Waals surface area contributed by atoms with Crippen molar-refractivity contribution in [1.82, 2.24) is 4.98 Å². The smallest absolute Gasteiger partial charge is 0.0485 e. The molecule has 0 aliphatic carbocycles. The van der Waals surface area contributed by atoms with Crippen molar-refractivity contribution in [1.29, 1.82) is 0 Å². The van der Waals surface area contributed by atoms with Gasteiger partial charge in [-0.05, 0) is 35.4 Å². The molecule has 0 bridgehead atoms. The summed E-state index contributed by atoms with van der Waals surface area (Å²) in [6.07, 6.45) is 0. The molecule has 106 valence electrons. The van der Waals surface area contributed by atoms with E-state index in [1.165, 1.54) is 44.3 Å². The lowest BCUT2D eigenvalue weighted by atomic mass is 9.86. The molecule has 1 atom stereocenters. The highest BCUT2D eigenvalue weighted by atomic mass is 14.9. The molecule has 0 radical (unpaired) electrons. The van der Waals surface area contributed by atoms with Gasteiger partial charge in [0.1, 0.15) is 0 Å². The largest absolute Gasteiger partial charge is 0.355 e. The summed E-state index contributed by atoms with van der Waals surface area (Å²) in [7, 11) is 0. The Morgan fingerprint density at radius 3 is 2.50 bits per heavy atom. The van der Waals surface area contributed by atoms with E-state index in [9.17, 15) is 0 Å². The van der Waals surface area contributed by atoms with Crippen molar-refractivity contribution >= 4 is 33.2 Å². The molecule has 4 aromatic rings. The fraction of sp³-hybridized carbons (Fsp3) is 0.100. The molecular formula is C20H16N2. The molecule has 1 aromatic heterocycles. The van der Waals surface area contributed by atoms with Gasteiger partial charge in [0, 0.05) is 39.1 Å². The minimum absolute atomic E-state index is 0.408. The van der Waals surface area contributed by atoms with Gasteiger partial charge in [0.15, 0.2) is 0 Å². The van der Waals surface area contributed by atoms with Crippen molar-refractivity contribution in [2.75, 3.05) is 5.32 Å². The monoisotopic (exact) mass is 284 g/mol. The van der Waals surface area contributed by atoms with Crippen LogP contribution in [0, 0.1) is 0 Å². The quantitative estimate of drug-likeness (QED) is 0.436. The number of nitrogens with one attached hydrogen (secondary N) is 2. The van der Waals surface area contributed by atoms with Crippen LogP contribution < -0.4 is 5.32 Å². The number of anilines is 2. The van der Waals surface area contributed by atoms with E-state index >= 15 is 0 Å². The SMILES string of the molecule is CC1c2ccccc2Nc2cc3[nH]c4ccccc4c3cc21. The van der Waals surface area contributed by atoms with Crippen LogP contribution in [0.5, 0.6) is 0 Å². The van der Waals surface area contributed by atoms with Gasteiger partial charge in [0.2, 0.25) is 0 Å². The molecule has 0 saturated carbocycles. The van der Waals surface area contributed by atoms with E-state index in [4.69, 9.17) is 0 Å². The number of aromatic amines is 1. The standard InChI is InChI=1S/C20H16N2/c1-12-13-6-2-4-8-17(13)21-19-11-20-16(10-15(12)19)14-7-3-5-9-18(14)22-20/h2-12,21-22H,1H3. The van der Waals surface area contributed by atoms with Crippen LogP contribution in [0.3, 0.4) is 0 Å². The maximum absolute atomic E-state index is 3.59. The topological polar surface area (TPSA) is 27.8 Å². The molecule has 1 aliphatic heterocycles. The van der Waals surface area contributed by atoms with Crippen LogP contribution in [-0.2, 0) is 0 Å². The van der Waals surface area contributed by atoms with E-state index in [1.54, 1.807) is 0 Å². The Hall–Kier alpha value is -2.74. The molecule has 3 aromatic carbocycles. The van der Waals surface area contributed by atoms with Crippen molar-refractivity contribution in [2.45, 2.75) is 12.8 Å². The molecular weight excluding hydrogens is 268 g/mol. The summed E-state index contributed by atoms with van der Waals surface area (Å²) in [6, 6.07) is 21.7. The van der Waals surface area contributed by atoms with Crippen molar-refractivity contribution in [2.24, 2.45) is 0 Å². The summed E-state index contributed by atoms with van der Waals surface area (Å²) in [5.41, 5.74) is 7.57. The minimum Gasteiger partial charge on any atom is -0.355 e. The van der Waals surface area contributed by atoms with Gasteiger partial charge < -0.3 is 10.3 Å². The Morgan fingerprint density at radius 1 is 0.727 bits per heavy atom. The molecule has 0 fully saturated rings. The zero-order chi connectivity index (χ0) is 14.7. The third-order valence-corrected chi connectivity index (χ3v) is 4.84. The molecule has 0 amide bonds. The lowest BCUT2D eigenvalue weighted by Crippen LogP contribution is -2.10. The molecule has 1 unspecified atom stereocenters. The highest BCUT2D eigenvalue weighted by molar-refractivity contribution is 6.08. The van der Waals surface area contributed by atoms with E-state index in [-0.39, 0.29) is 0 Å².